The molecule has 54 heavy (non-hydrogen) atoms. The van der Waals surface area contributed by atoms with E-state index in [1.54, 1.807) is 55.5 Å². The number of carbonyl (C=O) groups excluding carboxylic acids is 2. The number of hydrogen-bond donors (Lipinski definition) is 5. The predicted octanol–water partition coefficient (Wildman–Crippen LogP) is 8.34. The van der Waals surface area contributed by atoms with Crippen LogP contribution in [-0.2, 0) is 24.8 Å². The lowest BCUT2D eigenvalue weighted by molar-refractivity contribution is 0.0600. The number of nitrogens with one attached hydrogen (secondary N) is 4. The summed E-state index contributed by atoms with van der Waals surface area (Å²) in [5.74, 6) is -2.03. The van der Waals surface area contributed by atoms with Gasteiger partial charge < -0.3 is 20.5 Å². The fourth-order valence-corrected chi connectivity index (χ4v) is 8.04. The number of carboxylic acid groups (broad SMARTS) is 1. The van der Waals surface area contributed by atoms with Crippen molar-refractivity contribution in [3.05, 3.63) is 130 Å². The summed E-state index contributed by atoms with van der Waals surface area (Å²) in [4.78, 5) is 36.4. The maximum atomic E-state index is 13.3. The molecule has 6 aromatic carbocycles. The first-order valence-corrected chi connectivity index (χ1v) is 19.4. The number of methoxy groups -OCH3 is 1. The number of anilines is 4. The van der Waals surface area contributed by atoms with Crippen LogP contribution in [-0.4, -0.2) is 47.0 Å². The smallest absolute Gasteiger partial charge is 0.339 e. The lowest BCUT2D eigenvalue weighted by Gasteiger charge is -2.13. The zero-order chi connectivity index (χ0) is 38.9. The molecule has 6 aromatic rings. The van der Waals surface area contributed by atoms with E-state index in [0.29, 0.717) is 38.5 Å². The number of halogens is 2. The molecule has 0 aliphatic heterocycles. The molecule has 13 nitrogen and oxygen atoms in total. The fourth-order valence-electron chi connectivity index (χ4n) is 5.50. The first-order valence-electron chi connectivity index (χ1n) is 15.7. The minimum Gasteiger partial charge on any atom is -0.478 e. The number of fused-ring (bicyclic) bond motifs is 2. The van der Waals surface area contributed by atoms with Crippen molar-refractivity contribution in [2.45, 2.75) is 16.7 Å². The third-order valence-electron chi connectivity index (χ3n) is 8.12. The van der Waals surface area contributed by atoms with E-state index >= 15 is 0 Å². The molecule has 0 fully saturated rings. The van der Waals surface area contributed by atoms with Crippen molar-refractivity contribution >= 4 is 106 Å². The number of amides is 2. The molecule has 276 valence electrons. The van der Waals surface area contributed by atoms with Crippen LogP contribution in [0.15, 0.2) is 113 Å². The number of sulfonamides is 2. The van der Waals surface area contributed by atoms with Gasteiger partial charge in [0, 0.05) is 17.1 Å². The molecule has 0 atom stereocenters. The monoisotopic (exact) mass is 806 g/mol. The van der Waals surface area contributed by atoms with E-state index in [9.17, 15) is 36.3 Å². The second kappa shape index (κ2) is 14.9. The fraction of sp³-hybridized carbons (Fsp3) is 0.0541. The summed E-state index contributed by atoms with van der Waals surface area (Å²) in [6.07, 6.45) is 0. The highest BCUT2D eigenvalue weighted by Gasteiger charge is 2.20. The molecule has 6 rings (SSSR count). The van der Waals surface area contributed by atoms with Gasteiger partial charge in [0.05, 0.1) is 43.8 Å². The second-order valence-electron chi connectivity index (χ2n) is 11.9. The number of benzene rings is 6. The Bertz CT molecular complexity index is 2760. The summed E-state index contributed by atoms with van der Waals surface area (Å²) >= 11 is 12.1. The lowest BCUT2D eigenvalue weighted by Crippen LogP contribution is -2.19. The van der Waals surface area contributed by atoms with Gasteiger partial charge in [0.1, 0.15) is 0 Å². The van der Waals surface area contributed by atoms with Crippen LogP contribution >= 0.6 is 23.2 Å². The molecule has 0 aromatic heterocycles. The summed E-state index contributed by atoms with van der Waals surface area (Å²) < 4.78 is 62.6. The molecule has 0 aliphatic rings. The number of aryl methyl sites for hydroxylation is 1. The van der Waals surface area contributed by atoms with Crippen LogP contribution in [0.5, 0.6) is 0 Å². The van der Waals surface area contributed by atoms with E-state index in [0.717, 1.165) is 6.07 Å². The number of urea groups is 1. The molecule has 0 aliphatic carbocycles. The number of rotatable bonds is 10. The van der Waals surface area contributed by atoms with Crippen LogP contribution in [0, 0.1) is 6.92 Å². The van der Waals surface area contributed by atoms with Crippen molar-refractivity contribution in [2.75, 3.05) is 27.2 Å². The third kappa shape index (κ3) is 8.19. The lowest BCUT2D eigenvalue weighted by atomic mass is 10.1. The van der Waals surface area contributed by atoms with Crippen molar-refractivity contribution in [1.29, 1.82) is 0 Å². The van der Waals surface area contributed by atoms with Crippen LogP contribution in [0.25, 0.3) is 21.5 Å². The summed E-state index contributed by atoms with van der Waals surface area (Å²) in [7, 11) is -7.09. The average Bonchev–Trinajstić information content (AvgIpc) is 3.12. The Labute approximate surface area is 319 Å². The van der Waals surface area contributed by atoms with E-state index in [-0.39, 0.29) is 42.3 Å². The second-order valence-corrected chi connectivity index (χ2v) is 16.0. The zero-order valence-electron chi connectivity index (χ0n) is 28.1. The van der Waals surface area contributed by atoms with Crippen molar-refractivity contribution in [3.8, 4) is 0 Å². The van der Waals surface area contributed by atoms with Gasteiger partial charge in [-0.3, -0.25) is 9.44 Å². The molecule has 0 saturated heterocycles. The van der Waals surface area contributed by atoms with Gasteiger partial charge in [0.25, 0.3) is 20.0 Å². The van der Waals surface area contributed by atoms with Crippen molar-refractivity contribution in [3.63, 3.8) is 0 Å². The summed E-state index contributed by atoms with van der Waals surface area (Å²) in [5.41, 5.74) is 0.945. The maximum absolute atomic E-state index is 13.3. The van der Waals surface area contributed by atoms with Gasteiger partial charge in [-0.15, -0.1) is 0 Å². The van der Waals surface area contributed by atoms with Crippen molar-refractivity contribution < 1.29 is 41.1 Å². The first kappa shape index (κ1) is 37.9. The number of hydrogen-bond acceptors (Lipinski definition) is 8. The Morgan fingerprint density at radius 2 is 1.07 bits per heavy atom. The van der Waals surface area contributed by atoms with Gasteiger partial charge in [-0.1, -0.05) is 47.5 Å². The molecule has 0 spiro atoms. The first-order chi connectivity index (χ1) is 25.5. The number of carboxylic acids is 1. The normalized spacial score (nSPS) is 11.6. The number of carbonyl (C=O) groups is 3. The minimum absolute atomic E-state index is 0.00265. The zero-order valence-corrected chi connectivity index (χ0v) is 31.2. The molecular formula is C37H28Cl2N4O9S2. The molecule has 0 heterocycles. The molecule has 0 saturated carbocycles. The molecule has 5 N–H and O–H groups in total. The van der Waals surface area contributed by atoms with Crippen molar-refractivity contribution in [2.24, 2.45) is 0 Å². The van der Waals surface area contributed by atoms with Crippen molar-refractivity contribution in [1.82, 2.24) is 0 Å². The van der Waals surface area contributed by atoms with Crippen LogP contribution in [0.3, 0.4) is 0 Å². The Morgan fingerprint density at radius 1 is 0.593 bits per heavy atom. The minimum atomic E-state index is -4.16. The summed E-state index contributed by atoms with van der Waals surface area (Å²) in [5, 5.41) is 17.3. The molecule has 0 unspecified atom stereocenters. The van der Waals surface area contributed by atoms with E-state index in [4.69, 9.17) is 27.9 Å². The number of aromatic carboxylic acids is 1. The van der Waals surface area contributed by atoms with Crippen LogP contribution in [0.2, 0.25) is 10.0 Å². The number of esters is 1. The van der Waals surface area contributed by atoms with Gasteiger partial charge in [-0.25, -0.2) is 31.2 Å². The Kier molecular flexibility index (Phi) is 10.4. The highest BCUT2D eigenvalue weighted by atomic mass is 35.5. The van der Waals surface area contributed by atoms with Gasteiger partial charge in [-0.2, -0.15) is 0 Å². The third-order valence-corrected chi connectivity index (χ3v) is 11.7. The van der Waals surface area contributed by atoms with Gasteiger partial charge >= 0.3 is 18.0 Å². The van der Waals surface area contributed by atoms with E-state index in [2.05, 4.69) is 20.1 Å². The topological polar surface area (TPSA) is 197 Å². The highest BCUT2D eigenvalue weighted by Crippen LogP contribution is 2.30. The van der Waals surface area contributed by atoms with Gasteiger partial charge in [-0.05, 0) is 113 Å². The maximum Gasteiger partial charge on any atom is 0.339 e. The molecular weight excluding hydrogens is 779 g/mol. The molecule has 2 amide bonds. The predicted molar refractivity (Wildman–Crippen MR) is 208 cm³/mol. The quantitative estimate of drug-likeness (QED) is 0.0845. The van der Waals surface area contributed by atoms with Gasteiger partial charge in [0.15, 0.2) is 0 Å². The standard InChI is InChI=1S/C37H28Cl2N4O9S2/c1-20-13-28(19-32(34(20)39)35(44)45)43-54(50,51)30-11-6-22-4-8-26(15-24(22)17-30)41-37(47)40-25-7-3-21-5-10-29(16-23(21)14-25)53(48,49)42-27-9-12-33(38)31(18-27)36(46)52-2/h3-19,42-43H,1-2H3,(H,44,45)(H2,40,41,47). The number of ether oxygens (including phenoxy) is 1. The Hall–Kier alpha value is -5.87. The SMILES string of the molecule is COC(=O)c1cc(NS(=O)(=O)c2ccc3ccc(NC(=O)Nc4ccc5ccc(S(=O)(=O)Nc6cc(C)c(Cl)c(C(=O)O)c6)cc5c4)cc3c2)ccc1Cl. The van der Waals surface area contributed by atoms with E-state index < -0.39 is 38.0 Å². The molecule has 0 bridgehead atoms. The summed E-state index contributed by atoms with van der Waals surface area (Å²) in [6.45, 7) is 1.56. The molecule has 0 radical (unpaired) electrons. The summed E-state index contributed by atoms with van der Waals surface area (Å²) in [6, 6.07) is 24.7. The van der Waals surface area contributed by atoms with Crippen LogP contribution in [0.1, 0.15) is 26.3 Å². The molecule has 17 heteroatoms. The Balaban J connectivity index is 1.17. The Morgan fingerprint density at radius 3 is 1.59 bits per heavy atom. The average molecular weight is 808 g/mol. The van der Waals surface area contributed by atoms with Gasteiger partial charge in [0.2, 0.25) is 0 Å². The van der Waals surface area contributed by atoms with Crippen LogP contribution in [0.4, 0.5) is 27.5 Å². The van der Waals surface area contributed by atoms with E-state index in [1.807, 2.05) is 0 Å². The largest absolute Gasteiger partial charge is 0.478 e. The van der Waals surface area contributed by atoms with E-state index in [1.165, 1.54) is 55.6 Å². The highest BCUT2D eigenvalue weighted by molar-refractivity contribution is 7.93. The van der Waals surface area contributed by atoms with Crippen LogP contribution < -0.4 is 20.1 Å².